The van der Waals surface area contributed by atoms with Crippen LogP contribution >= 0.6 is 11.6 Å². The van der Waals surface area contributed by atoms with Crippen molar-refractivity contribution >= 4 is 29.1 Å². The molecule has 2 aromatic heterocycles. The van der Waals surface area contributed by atoms with Crippen molar-refractivity contribution in [1.82, 2.24) is 15.0 Å². The number of hydrazine groups is 1. The zero-order valence-corrected chi connectivity index (χ0v) is 9.85. The van der Waals surface area contributed by atoms with Gasteiger partial charge in [0.05, 0.1) is 17.4 Å². The van der Waals surface area contributed by atoms with Crippen LogP contribution < -0.4 is 16.6 Å². The molecule has 0 bridgehead atoms. The summed E-state index contributed by atoms with van der Waals surface area (Å²) in [6.07, 6.45) is 4.22. The van der Waals surface area contributed by atoms with Gasteiger partial charge in [-0.3, -0.25) is 9.78 Å². The molecule has 2 aromatic rings. The van der Waals surface area contributed by atoms with Crippen molar-refractivity contribution in [2.24, 2.45) is 5.84 Å². The number of nitrogens with zero attached hydrogens (tertiary/aromatic N) is 3. The standard InChI is InChI=1S/C10H9ClN6O/c11-6-2-1-3-14-9(6)16-10(18)7-4-13-5-8(15-7)17-12/h1-5H,12H2,(H,15,17)(H,14,16,18). The molecule has 0 saturated carbocycles. The Labute approximate surface area is 107 Å². The molecular weight excluding hydrogens is 256 g/mol. The maximum Gasteiger partial charge on any atom is 0.277 e. The van der Waals surface area contributed by atoms with Crippen LogP contribution in [-0.4, -0.2) is 20.9 Å². The van der Waals surface area contributed by atoms with Crippen LogP contribution in [0, 0.1) is 0 Å². The van der Waals surface area contributed by atoms with Crippen molar-refractivity contribution in [3.8, 4) is 0 Å². The first-order valence-corrected chi connectivity index (χ1v) is 5.29. The molecule has 4 N–H and O–H groups in total. The molecule has 18 heavy (non-hydrogen) atoms. The summed E-state index contributed by atoms with van der Waals surface area (Å²) >= 11 is 5.87. The number of halogens is 1. The quantitative estimate of drug-likeness (QED) is 0.565. The molecule has 7 nitrogen and oxygen atoms in total. The normalized spacial score (nSPS) is 9.89. The number of anilines is 2. The number of carbonyl (C=O) groups excluding carboxylic acids is 1. The SMILES string of the molecule is NNc1cncc(C(=O)Nc2ncccc2Cl)n1. The summed E-state index contributed by atoms with van der Waals surface area (Å²) in [5.74, 6) is 5.25. The Morgan fingerprint density at radius 1 is 1.39 bits per heavy atom. The second-order valence-corrected chi connectivity index (χ2v) is 3.63. The van der Waals surface area contributed by atoms with Gasteiger partial charge < -0.3 is 10.7 Å². The topological polar surface area (TPSA) is 106 Å². The Morgan fingerprint density at radius 3 is 2.94 bits per heavy atom. The van der Waals surface area contributed by atoms with E-state index in [-0.39, 0.29) is 17.3 Å². The number of pyridine rings is 1. The summed E-state index contributed by atoms with van der Waals surface area (Å²) in [5.41, 5.74) is 2.41. The van der Waals surface area contributed by atoms with E-state index in [9.17, 15) is 4.79 Å². The first kappa shape index (κ1) is 12.2. The molecule has 0 radical (unpaired) electrons. The minimum absolute atomic E-state index is 0.104. The summed E-state index contributed by atoms with van der Waals surface area (Å²) in [4.78, 5) is 23.5. The lowest BCUT2D eigenvalue weighted by atomic mass is 10.4. The average molecular weight is 265 g/mol. The van der Waals surface area contributed by atoms with E-state index in [2.05, 4.69) is 25.7 Å². The van der Waals surface area contributed by atoms with E-state index < -0.39 is 5.91 Å². The Hall–Kier alpha value is -2.25. The molecule has 92 valence electrons. The molecule has 2 rings (SSSR count). The van der Waals surface area contributed by atoms with Gasteiger partial charge in [-0.2, -0.15) is 0 Å². The van der Waals surface area contributed by atoms with Crippen molar-refractivity contribution < 1.29 is 4.79 Å². The van der Waals surface area contributed by atoms with E-state index in [0.717, 1.165) is 0 Å². The monoisotopic (exact) mass is 264 g/mol. The fourth-order valence-electron chi connectivity index (χ4n) is 1.19. The fourth-order valence-corrected chi connectivity index (χ4v) is 1.36. The van der Waals surface area contributed by atoms with Gasteiger partial charge in [-0.05, 0) is 12.1 Å². The summed E-state index contributed by atoms with van der Waals surface area (Å²) in [6, 6.07) is 3.28. The maximum atomic E-state index is 11.9. The Bertz CT molecular complexity index is 576. The van der Waals surface area contributed by atoms with Crippen molar-refractivity contribution in [2.75, 3.05) is 10.7 Å². The van der Waals surface area contributed by atoms with Gasteiger partial charge >= 0.3 is 0 Å². The second-order valence-electron chi connectivity index (χ2n) is 3.22. The molecule has 1 amide bonds. The van der Waals surface area contributed by atoms with Gasteiger partial charge in [0.25, 0.3) is 5.91 Å². The third kappa shape index (κ3) is 2.70. The molecule has 0 aromatic carbocycles. The van der Waals surface area contributed by atoms with E-state index in [4.69, 9.17) is 17.4 Å². The van der Waals surface area contributed by atoms with Crippen LogP contribution in [0.5, 0.6) is 0 Å². The third-order valence-corrected chi connectivity index (χ3v) is 2.31. The highest BCUT2D eigenvalue weighted by Gasteiger charge is 2.11. The number of hydrogen-bond donors (Lipinski definition) is 3. The summed E-state index contributed by atoms with van der Waals surface area (Å²) in [7, 11) is 0. The molecule has 0 unspecified atom stereocenters. The molecule has 0 saturated heterocycles. The van der Waals surface area contributed by atoms with E-state index in [0.29, 0.717) is 5.02 Å². The largest absolute Gasteiger partial charge is 0.307 e. The molecule has 0 aliphatic heterocycles. The van der Waals surface area contributed by atoms with Gasteiger partial charge in [-0.25, -0.2) is 15.8 Å². The Balaban J connectivity index is 2.19. The highest BCUT2D eigenvalue weighted by molar-refractivity contribution is 6.33. The molecule has 0 aliphatic carbocycles. The smallest absolute Gasteiger partial charge is 0.277 e. The maximum absolute atomic E-state index is 11.9. The zero-order chi connectivity index (χ0) is 13.0. The zero-order valence-electron chi connectivity index (χ0n) is 9.09. The Morgan fingerprint density at radius 2 is 2.22 bits per heavy atom. The van der Waals surface area contributed by atoms with E-state index >= 15 is 0 Å². The summed E-state index contributed by atoms with van der Waals surface area (Å²) in [6.45, 7) is 0. The summed E-state index contributed by atoms with van der Waals surface area (Å²) < 4.78 is 0. The van der Waals surface area contributed by atoms with Crippen molar-refractivity contribution in [2.45, 2.75) is 0 Å². The first-order valence-electron chi connectivity index (χ1n) is 4.91. The van der Waals surface area contributed by atoms with Crippen LogP contribution in [0.4, 0.5) is 11.6 Å². The van der Waals surface area contributed by atoms with Crippen molar-refractivity contribution in [3.63, 3.8) is 0 Å². The minimum atomic E-state index is -0.472. The molecular formula is C10H9ClN6O. The second kappa shape index (κ2) is 5.39. The van der Waals surface area contributed by atoms with E-state index in [1.165, 1.54) is 18.6 Å². The predicted molar refractivity (Wildman–Crippen MR) is 67.0 cm³/mol. The number of rotatable bonds is 3. The van der Waals surface area contributed by atoms with E-state index in [1.54, 1.807) is 12.1 Å². The van der Waals surface area contributed by atoms with Gasteiger partial charge in [-0.1, -0.05) is 11.6 Å². The number of hydrogen-bond acceptors (Lipinski definition) is 6. The highest BCUT2D eigenvalue weighted by Crippen LogP contribution is 2.17. The lowest BCUT2D eigenvalue weighted by Crippen LogP contribution is -2.17. The number of nitrogens with two attached hydrogens (primary N) is 1. The van der Waals surface area contributed by atoms with Crippen LogP contribution in [-0.2, 0) is 0 Å². The highest BCUT2D eigenvalue weighted by atomic mass is 35.5. The lowest BCUT2D eigenvalue weighted by Gasteiger charge is -2.05. The van der Waals surface area contributed by atoms with Crippen LogP contribution in [0.2, 0.25) is 5.02 Å². The number of nitrogen functional groups attached to an aromatic ring is 1. The van der Waals surface area contributed by atoms with Gasteiger partial charge in [-0.15, -0.1) is 0 Å². The molecule has 8 heteroatoms. The third-order valence-electron chi connectivity index (χ3n) is 2.01. The molecule has 0 aliphatic rings. The van der Waals surface area contributed by atoms with Crippen LogP contribution in [0.3, 0.4) is 0 Å². The molecule has 0 atom stereocenters. The van der Waals surface area contributed by atoms with Crippen LogP contribution in [0.15, 0.2) is 30.7 Å². The molecule has 0 spiro atoms. The summed E-state index contributed by atoms with van der Waals surface area (Å²) in [5, 5.41) is 2.86. The van der Waals surface area contributed by atoms with Crippen LogP contribution in [0.25, 0.3) is 0 Å². The predicted octanol–water partition coefficient (Wildman–Crippen LogP) is 1.06. The fraction of sp³-hybridized carbons (Fsp3) is 0. The molecule has 0 fully saturated rings. The number of aromatic nitrogens is 3. The average Bonchev–Trinajstić information content (AvgIpc) is 2.41. The minimum Gasteiger partial charge on any atom is -0.307 e. The first-order chi connectivity index (χ1) is 8.70. The molecule has 2 heterocycles. The van der Waals surface area contributed by atoms with Gasteiger partial charge in [0.2, 0.25) is 0 Å². The van der Waals surface area contributed by atoms with Crippen molar-refractivity contribution in [1.29, 1.82) is 0 Å². The van der Waals surface area contributed by atoms with Gasteiger partial charge in [0.1, 0.15) is 5.69 Å². The van der Waals surface area contributed by atoms with Gasteiger partial charge in [0, 0.05) is 6.20 Å². The number of carbonyl (C=O) groups is 1. The van der Waals surface area contributed by atoms with Gasteiger partial charge in [0.15, 0.2) is 11.6 Å². The van der Waals surface area contributed by atoms with Crippen LogP contribution in [0.1, 0.15) is 10.5 Å². The van der Waals surface area contributed by atoms with E-state index in [1.807, 2.05) is 0 Å². The van der Waals surface area contributed by atoms with Crippen molar-refractivity contribution in [3.05, 3.63) is 41.4 Å². The Kier molecular flexibility index (Phi) is 3.66. The number of amides is 1. The lowest BCUT2D eigenvalue weighted by molar-refractivity contribution is 0.102. The number of nitrogens with one attached hydrogen (secondary N) is 2.